The van der Waals surface area contributed by atoms with E-state index in [1.807, 2.05) is 37.3 Å². The molecule has 2 rings (SSSR count). The summed E-state index contributed by atoms with van der Waals surface area (Å²) in [5.41, 5.74) is 2.24. The molecule has 0 bridgehead atoms. The van der Waals surface area contributed by atoms with Crippen molar-refractivity contribution in [3.8, 4) is 5.75 Å². The highest BCUT2D eigenvalue weighted by Crippen LogP contribution is 2.22. The van der Waals surface area contributed by atoms with Gasteiger partial charge in [-0.1, -0.05) is 11.6 Å². The van der Waals surface area contributed by atoms with E-state index in [1.54, 1.807) is 12.1 Å². The van der Waals surface area contributed by atoms with Gasteiger partial charge in [0, 0.05) is 22.1 Å². The predicted octanol–water partition coefficient (Wildman–Crippen LogP) is 4.21. The van der Waals surface area contributed by atoms with Gasteiger partial charge in [0.15, 0.2) is 5.78 Å². The maximum atomic E-state index is 12.3. The summed E-state index contributed by atoms with van der Waals surface area (Å²) in [7, 11) is 1.53. The number of rotatable bonds is 6. The Morgan fingerprint density at radius 2 is 1.78 bits per heavy atom. The molecule has 2 aromatic rings. The smallest absolute Gasteiger partial charge is 0.224 e. The number of methoxy groups -OCH3 is 1. The number of ether oxygens (including phenoxy) is 1. The number of benzene rings is 2. The van der Waals surface area contributed by atoms with Crippen molar-refractivity contribution in [2.24, 2.45) is 0 Å². The van der Waals surface area contributed by atoms with Crippen molar-refractivity contribution in [3.05, 3.63) is 57.2 Å². The van der Waals surface area contributed by atoms with Crippen molar-refractivity contribution in [2.45, 2.75) is 19.8 Å². The maximum absolute atomic E-state index is 12.3. The van der Waals surface area contributed by atoms with Crippen LogP contribution in [0.2, 0.25) is 0 Å². The highest BCUT2D eigenvalue weighted by molar-refractivity contribution is 14.1. The van der Waals surface area contributed by atoms with Gasteiger partial charge in [0.1, 0.15) is 5.75 Å². The lowest BCUT2D eigenvalue weighted by atomic mass is 10.0. The van der Waals surface area contributed by atoms with E-state index < -0.39 is 0 Å². The van der Waals surface area contributed by atoms with Crippen molar-refractivity contribution >= 4 is 40.0 Å². The fourth-order valence-electron chi connectivity index (χ4n) is 2.16. The molecule has 1 N–H and O–H groups in total. The molecule has 120 valence electrons. The van der Waals surface area contributed by atoms with E-state index in [0.29, 0.717) is 11.3 Å². The number of hydrogen-bond donors (Lipinski definition) is 1. The lowest BCUT2D eigenvalue weighted by Crippen LogP contribution is -2.14. The number of halogens is 1. The summed E-state index contributed by atoms with van der Waals surface area (Å²) in [6.45, 7) is 1.92. The number of hydrogen-bond acceptors (Lipinski definition) is 3. The third-order valence-electron chi connectivity index (χ3n) is 3.36. The minimum atomic E-state index is -0.175. The molecule has 0 saturated heterocycles. The zero-order valence-electron chi connectivity index (χ0n) is 13.1. The summed E-state index contributed by atoms with van der Waals surface area (Å²) in [4.78, 5) is 24.3. The second-order valence-electron chi connectivity index (χ2n) is 5.18. The van der Waals surface area contributed by atoms with E-state index in [4.69, 9.17) is 4.74 Å². The second kappa shape index (κ2) is 8.10. The summed E-state index contributed by atoms with van der Waals surface area (Å²) >= 11 is 2.20. The third kappa shape index (κ3) is 5.06. The minimum Gasteiger partial charge on any atom is -0.496 e. The summed E-state index contributed by atoms with van der Waals surface area (Å²) < 4.78 is 6.31. The van der Waals surface area contributed by atoms with Crippen LogP contribution in [0.25, 0.3) is 0 Å². The van der Waals surface area contributed by atoms with Gasteiger partial charge in [-0.05, 0) is 65.9 Å². The van der Waals surface area contributed by atoms with Gasteiger partial charge >= 0.3 is 0 Å². The Kier molecular flexibility index (Phi) is 6.15. The van der Waals surface area contributed by atoms with Crippen LogP contribution in [-0.4, -0.2) is 18.8 Å². The molecule has 4 nitrogen and oxygen atoms in total. The largest absolute Gasteiger partial charge is 0.496 e. The third-order valence-corrected chi connectivity index (χ3v) is 4.08. The first-order valence-electron chi connectivity index (χ1n) is 7.23. The summed E-state index contributed by atoms with van der Waals surface area (Å²) in [5.74, 6) is 0.271. The molecule has 23 heavy (non-hydrogen) atoms. The van der Waals surface area contributed by atoms with Crippen LogP contribution in [0.1, 0.15) is 28.8 Å². The lowest BCUT2D eigenvalue weighted by molar-refractivity contribution is -0.116. The Bertz CT molecular complexity index is 711. The van der Waals surface area contributed by atoms with E-state index in [9.17, 15) is 9.59 Å². The van der Waals surface area contributed by atoms with Crippen molar-refractivity contribution < 1.29 is 14.3 Å². The van der Waals surface area contributed by atoms with Gasteiger partial charge in [0.05, 0.1) is 12.7 Å². The van der Waals surface area contributed by atoms with Gasteiger partial charge in [-0.3, -0.25) is 9.59 Å². The van der Waals surface area contributed by atoms with Gasteiger partial charge in [-0.2, -0.15) is 0 Å². The molecule has 0 aliphatic rings. The molecular formula is C18H18INO3. The van der Waals surface area contributed by atoms with E-state index in [-0.39, 0.29) is 24.5 Å². The van der Waals surface area contributed by atoms with Crippen LogP contribution in [0.5, 0.6) is 5.75 Å². The van der Waals surface area contributed by atoms with Gasteiger partial charge in [-0.25, -0.2) is 0 Å². The van der Waals surface area contributed by atoms with Crippen LogP contribution in [0.4, 0.5) is 5.69 Å². The monoisotopic (exact) mass is 423 g/mol. The average molecular weight is 423 g/mol. The second-order valence-corrected chi connectivity index (χ2v) is 6.43. The zero-order chi connectivity index (χ0) is 16.8. The highest BCUT2D eigenvalue weighted by atomic mass is 127. The molecule has 1 amide bonds. The molecule has 0 unspecified atom stereocenters. The van der Waals surface area contributed by atoms with Crippen molar-refractivity contribution in [3.63, 3.8) is 0 Å². The highest BCUT2D eigenvalue weighted by Gasteiger charge is 2.14. The molecule has 0 atom stereocenters. The topological polar surface area (TPSA) is 55.4 Å². The van der Waals surface area contributed by atoms with E-state index >= 15 is 0 Å². The molecule has 0 aromatic heterocycles. The SMILES string of the molecule is COc1ccc(C)cc1C(=O)CCC(=O)Nc1ccc(I)cc1. The molecule has 0 spiro atoms. The van der Waals surface area contributed by atoms with E-state index in [0.717, 1.165) is 14.8 Å². The van der Waals surface area contributed by atoms with Crippen LogP contribution in [-0.2, 0) is 4.79 Å². The first-order chi connectivity index (χ1) is 11.0. The van der Waals surface area contributed by atoms with E-state index in [2.05, 4.69) is 27.9 Å². The van der Waals surface area contributed by atoms with Gasteiger partial charge in [-0.15, -0.1) is 0 Å². The van der Waals surface area contributed by atoms with Crippen molar-refractivity contribution in [2.75, 3.05) is 12.4 Å². The quantitative estimate of drug-likeness (QED) is 0.560. The van der Waals surface area contributed by atoms with Gasteiger partial charge in [0.2, 0.25) is 5.91 Å². The fraction of sp³-hybridized carbons (Fsp3) is 0.222. The number of Topliss-reactive ketones (excluding diaryl/α,β-unsaturated/α-hetero) is 1. The van der Waals surface area contributed by atoms with Crippen LogP contribution < -0.4 is 10.1 Å². The Balaban J connectivity index is 1.95. The number of carbonyl (C=O) groups is 2. The van der Waals surface area contributed by atoms with Crippen LogP contribution in [0, 0.1) is 10.5 Å². The molecule has 5 heteroatoms. The van der Waals surface area contributed by atoms with Gasteiger partial charge < -0.3 is 10.1 Å². The van der Waals surface area contributed by atoms with Crippen LogP contribution >= 0.6 is 22.6 Å². The standard InChI is InChI=1S/C18H18INO3/c1-12-3-9-17(23-2)15(11-12)16(21)8-10-18(22)20-14-6-4-13(19)5-7-14/h3-7,9,11H,8,10H2,1-2H3,(H,20,22). The number of anilines is 1. The average Bonchev–Trinajstić information content (AvgIpc) is 2.54. The number of carbonyl (C=O) groups excluding carboxylic acids is 2. The summed E-state index contributed by atoms with van der Waals surface area (Å²) in [5, 5.41) is 2.79. The molecule has 0 aliphatic carbocycles. The van der Waals surface area contributed by atoms with Crippen molar-refractivity contribution in [1.82, 2.24) is 0 Å². The fourth-order valence-corrected chi connectivity index (χ4v) is 2.52. The normalized spacial score (nSPS) is 10.2. The molecular weight excluding hydrogens is 405 g/mol. The number of ketones is 1. The minimum absolute atomic E-state index is 0.0942. The van der Waals surface area contributed by atoms with Gasteiger partial charge in [0.25, 0.3) is 0 Å². The molecule has 0 radical (unpaired) electrons. The van der Waals surface area contributed by atoms with E-state index in [1.165, 1.54) is 7.11 Å². The number of aryl methyl sites for hydroxylation is 1. The molecule has 0 saturated carbocycles. The molecule has 0 heterocycles. The Hall–Kier alpha value is -1.89. The first-order valence-corrected chi connectivity index (χ1v) is 8.30. The lowest BCUT2D eigenvalue weighted by Gasteiger charge is -2.09. The van der Waals surface area contributed by atoms with Crippen molar-refractivity contribution in [1.29, 1.82) is 0 Å². The Labute approximate surface area is 149 Å². The molecule has 0 fully saturated rings. The Morgan fingerprint density at radius 3 is 2.43 bits per heavy atom. The Morgan fingerprint density at radius 1 is 1.09 bits per heavy atom. The number of amides is 1. The molecule has 0 aliphatic heterocycles. The van der Waals surface area contributed by atoms with Crippen LogP contribution in [0.15, 0.2) is 42.5 Å². The van der Waals surface area contributed by atoms with Crippen LogP contribution in [0.3, 0.4) is 0 Å². The predicted molar refractivity (Wildman–Crippen MR) is 99.1 cm³/mol. The zero-order valence-corrected chi connectivity index (χ0v) is 15.2. The summed E-state index contributed by atoms with van der Waals surface area (Å²) in [6, 6.07) is 13.0. The maximum Gasteiger partial charge on any atom is 0.224 e. The number of nitrogens with one attached hydrogen (secondary N) is 1. The molecule has 2 aromatic carbocycles. The first kappa shape index (κ1) is 17.5. The summed E-state index contributed by atoms with van der Waals surface area (Å²) in [6.07, 6.45) is 0.290.